The van der Waals surface area contributed by atoms with Crippen LogP contribution >= 0.6 is 0 Å². The van der Waals surface area contributed by atoms with Crippen molar-refractivity contribution in [2.24, 2.45) is 0 Å². The Labute approximate surface area is 202 Å². The van der Waals surface area contributed by atoms with Crippen molar-refractivity contribution in [2.45, 2.75) is 52.0 Å². The number of anilines is 1. The maximum atomic E-state index is 13.0. The van der Waals surface area contributed by atoms with Gasteiger partial charge in [-0.15, -0.1) is 0 Å². The van der Waals surface area contributed by atoms with Gasteiger partial charge in [-0.25, -0.2) is 9.97 Å². The number of hydrogen-bond acceptors (Lipinski definition) is 5. The number of aryl methyl sites for hydroxylation is 3. The molecule has 0 bridgehead atoms. The first-order valence-electron chi connectivity index (χ1n) is 12.9. The van der Waals surface area contributed by atoms with E-state index in [9.17, 15) is 4.79 Å². The number of fused-ring (bicyclic) bond motifs is 3. The van der Waals surface area contributed by atoms with Crippen LogP contribution in [-0.2, 0) is 13.0 Å². The summed E-state index contributed by atoms with van der Waals surface area (Å²) in [6.45, 7) is 9.04. The first kappa shape index (κ1) is 22.8. The number of nitrogens with one attached hydrogen (secondary N) is 1. The normalized spacial score (nSPS) is 16.9. The van der Waals surface area contributed by atoms with Crippen molar-refractivity contribution in [1.82, 2.24) is 24.8 Å². The van der Waals surface area contributed by atoms with Gasteiger partial charge in [-0.05, 0) is 57.4 Å². The lowest BCUT2D eigenvalue weighted by Gasteiger charge is -2.36. The first-order chi connectivity index (χ1) is 16.7. The second kappa shape index (κ2) is 10.6. The van der Waals surface area contributed by atoms with Crippen molar-refractivity contribution < 1.29 is 4.79 Å². The minimum Gasteiger partial charge on any atom is -0.369 e. The Morgan fingerprint density at radius 2 is 1.79 bits per heavy atom. The van der Waals surface area contributed by atoms with Gasteiger partial charge in [0, 0.05) is 57.1 Å². The van der Waals surface area contributed by atoms with Gasteiger partial charge >= 0.3 is 0 Å². The Morgan fingerprint density at radius 3 is 2.62 bits per heavy atom. The molecule has 7 nitrogen and oxygen atoms in total. The summed E-state index contributed by atoms with van der Waals surface area (Å²) in [6, 6.07) is 12.6. The summed E-state index contributed by atoms with van der Waals surface area (Å²) in [5.74, 6) is 1.05. The number of aromatic nitrogens is 3. The molecule has 1 amide bonds. The number of amides is 1. The number of para-hydroxylation sites is 1. The van der Waals surface area contributed by atoms with Crippen LogP contribution in [0.5, 0.6) is 0 Å². The van der Waals surface area contributed by atoms with Crippen molar-refractivity contribution in [3.63, 3.8) is 0 Å². The number of rotatable bonds is 7. The minimum atomic E-state index is -0.0276. The van der Waals surface area contributed by atoms with E-state index in [4.69, 9.17) is 9.97 Å². The molecule has 0 atom stereocenters. The Morgan fingerprint density at radius 1 is 0.971 bits per heavy atom. The molecule has 4 heterocycles. The van der Waals surface area contributed by atoms with E-state index >= 15 is 0 Å². The Kier molecular flexibility index (Phi) is 7.09. The average molecular weight is 461 g/mol. The van der Waals surface area contributed by atoms with E-state index in [1.54, 1.807) is 0 Å². The van der Waals surface area contributed by atoms with Crippen LogP contribution in [0.3, 0.4) is 0 Å². The maximum Gasteiger partial charge on any atom is 0.253 e. The van der Waals surface area contributed by atoms with Gasteiger partial charge in [0.05, 0.1) is 5.56 Å². The molecule has 1 saturated heterocycles. The fourth-order valence-corrected chi connectivity index (χ4v) is 5.21. The molecule has 0 unspecified atom stereocenters. The summed E-state index contributed by atoms with van der Waals surface area (Å²) >= 11 is 0. The van der Waals surface area contributed by atoms with Gasteiger partial charge in [-0.3, -0.25) is 9.69 Å². The molecular formula is C27H36N6O. The molecule has 180 valence electrons. The third kappa shape index (κ3) is 5.09. The third-order valence-electron chi connectivity index (χ3n) is 7.12. The van der Waals surface area contributed by atoms with E-state index in [0.717, 1.165) is 94.1 Å². The Bertz CT molecular complexity index is 1120. The molecule has 2 aliphatic heterocycles. The van der Waals surface area contributed by atoms with E-state index in [0.29, 0.717) is 12.1 Å². The number of nitrogens with zero attached hydrogens (tertiary/aromatic N) is 5. The SMILES string of the molecule is Cc1cc(C(=O)NCCCCN2CCN(c3ccccc3)CC2)c2nc3n(c2n1)CCCCC3. The molecule has 0 spiro atoms. The van der Waals surface area contributed by atoms with Gasteiger partial charge in [0.2, 0.25) is 0 Å². The lowest BCUT2D eigenvalue weighted by molar-refractivity contribution is 0.0954. The largest absolute Gasteiger partial charge is 0.369 e. The van der Waals surface area contributed by atoms with Gasteiger partial charge in [-0.1, -0.05) is 24.6 Å². The predicted octanol–water partition coefficient (Wildman–Crippen LogP) is 3.80. The predicted molar refractivity (Wildman–Crippen MR) is 136 cm³/mol. The second-order valence-corrected chi connectivity index (χ2v) is 9.60. The molecule has 1 fully saturated rings. The zero-order valence-corrected chi connectivity index (χ0v) is 20.3. The quantitative estimate of drug-likeness (QED) is 0.544. The number of unbranched alkanes of at least 4 members (excludes halogenated alkanes) is 1. The number of hydrogen-bond donors (Lipinski definition) is 1. The van der Waals surface area contributed by atoms with Gasteiger partial charge < -0.3 is 14.8 Å². The van der Waals surface area contributed by atoms with Crippen LogP contribution in [0, 0.1) is 6.92 Å². The summed E-state index contributed by atoms with van der Waals surface area (Å²) < 4.78 is 2.23. The fourth-order valence-electron chi connectivity index (χ4n) is 5.21. The number of carbonyl (C=O) groups excluding carboxylic acids is 1. The van der Waals surface area contributed by atoms with Crippen LogP contribution in [0.15, 0.2) is 36.4 Å². The van der Waals surface area contributed by atoms with E-state index < -0.39 is 0 Å². The molecule has 1 aromatic carbocycles. The van der Waals surface area contributed by atoms with Crippen molar-refractivity contribution >= 4 is 22.8 Å². The summed E-state index contributed by atoms with van der Waals surface area (Å²) in [5, 5.41) is 3.13. The highest BCUT2D eigenvalue weighted by Gasteiger charge is 2.21. The van der Waals surface area contributed by atoms with Crippen LogP contribution < -0.4 is 10.2 Å². The number of carbonyl (C=O) groups is 1. The molecule has 2 aliphatic rings. The monoisotopic (exact) mass is 460 g/mol. The van der Waals surface area contributed by atoms with Crippen LogP contribution in [0.2, 0.25) is 0 Å². The van der Waals surface area contributed by atoms with E-state index in [1.165, 1.54) is 12.1 Å². The van der Waals surface area contributed by atoms with Crippen LogP contribution in [0.1, 0.15) is 54.0 Å². The van der Waals surface area contributed by atoms with Crippen molar-refractivity contribution in [3.05, 3.63) is 53.5 Å². The maximum absolute atomic E-state index is 13.0. The molecule has 2 aromatic heterocycles. The molecule has 0 saturated carbocycles. The number of benzene rings is 1. The molecular weight excluding hydrogens is 424 g/mol. The highest BCUT2D eigenvalue weighted by Crippen LogP contribution is 2.24. The van der Waals surface area contributed by atoms with Crippen molar-refractivity contribution in [2.75, 3.05) is 44.2 Å². The molecule has 5 rings (SSSR count). The number of piperazine rings is 1. The molecule has 3 aromatic rings. The van der Waals surface area contributed by atoms with Crippen LogP contribution in [0.25, 0.3) is 11.2 Å². The second-order valence-electron chi connectivity index (χ2n) is 9.60. The van der Waals surface area contributed by atoms with E-state index in [1.807, 2.05) is 13.0 Å². The standard InChI is InChI=1S/C27H36N6O/c1-21-20-23(25-26(29-21)33-15-8-3-6-12-24(33)30-25)27(34)28-13-7-9-14-31-16-18-32(19-17-31)22-10-4-2-5-11-22/h2,4-5,10-11,20H,3,6-9,12-19H2,1H3,(H,28,34). The Hall–Kier alpha value is -2.93. The van der Waals surface area contributed by atoms with Gasteiger partial charge in [-0.2, -0.15) is 0 Å². The van der Waals surface area contributed by atoms with Crippen molar-refractivity contribution in [1.29, 1.82) is 0 Å². The molecule has 1 N–H and O–H groups in total. The van der Waals surface area contributed by atoms with Crippen LogP contribution in [-0.4, -0.2) is 64.6 Å². The zero-order valence-electron chi connectivity index (χ0n) is 20.3. The molecule has 7 heteroatoms. The molecule has 34 heavy (non-hydrogen) atoms. The van der Waals surface area contributed by atoms with Crippen LogP contribution in [0.4, 0.5) is 5.69 Å². The number of imidazole rings is 1. The average Bonchev–Trinajstić information content (AvgIpc) is 3.04. The summed E-state index contributed by atoms with van der Waals surface area (Å²) in [6.07, 6.45) is 6.58. The minimum absolute atomic E-state index is 0.0276. The fraction of sp³-hybridized carbons (Fsp3) is 0.519. The summed E-state index contributed by atoms with van der Waals surface area (Å²) in [4.78, 5) is 27.6. The van der Waals surface area contributed by atoms with Gasteiger partial charge in [0.1, 0.15) is 11.3 Å². The highest BCUT2D eigenvalue weighted by atomic mass is 16.1. The topological polar surface area (TPSA) is 66.3 Å². The number of pyridine rings is 1. The lowest BCUT2D eigenvalue weighted by atomic mass is 10.1. The molecule has 0 aliphatic carbocycles. The smallest absolute Gasteiger partial charge is 0.253 e. The lowest BCUT2D eigenvalue weighted by Crippen LogP contribution is -2.46. The summed E-state index contributed by atoms with van der Waals surface area (Å²) in [7, 11) is 0. The van der Waals surface area contributed by atoms with Gasteiger partial charge in [0.25, 0.3) is 5.91 Å². The van der Waals surface area contributed by atoms with E-state index in [2.05, 4.69) is 50.0 Å². The third-order valence-corrected chi connectivity index (χ3v) is 7.12. The summed E-state index contributed by atoms with van der Waals surface area (Å²) in [5.41, 5.74) is 4.49. The van der Waals surface area contributed by atoms with Crippen molar-refractivity contribution in [3.8, 4) is 0 Å². The van der Waals surface area contributed by atoms with E-state index in [-0.39, 0.29) is 5.91 Å². The Balaban J connectivity index is 1.10. The highest BCUT2D eigenvalue weighted by molar-refractivity contribution is 6.04. The van der Waals surface area contributed by atoms with Gasteiger partial charge in [0.15, 0.2) is 5.65 Å². The first-order valence-corrected chi connectivity index (χ1v) is 12.9. The zero-order chi connectivity index (χ0) is 23.3. The molecule has 0 radical (unpaired) electrons.